The van der Waals surface area contributed by atoms with Crippen molar-refractivity contribution in [2.75, 3.05) is 24.5 Å². The van der Waals surface area contributed by atoms with Gasteiger partial charge in [-0.3, -0.25) is 0 Å². The van der Waals surface area contributed by atoms with Gasteiger partial charge >= 0.3 is 12.1 Å². The summed E-state index contributed by atoms with van der Waals surface area (Å²) in [5, 5.41) is 9.73. The molecule has 0 aromatic carbocycles. The summed E-state index contributed by atoms with van der Waals surface area (Å²) in [7, 11) is 0. The van der Waals surface area contributed by atoms with Crippen molar-refractivity contribution in [2.24, 2.45) is 0 Å². The first kappa shape index (κ1) is 22.5. The van der Waals surface area contributed by atoms with E-state index in [-0.39, 0.29) is 12.1 Å². The molecule has 164 valence electrons. The molecule has 1 amide bonds. The summed E-state index contributed by atoms with van der Waals surface area (Å²) in [6.45, 7) is 11.5. The fourth-order valence-electron chi connectivity index (χ4n) is 4.13. The average Bonchev–Trinajstić information content (AvgIpc) is 3.03. The zero-order valence-electron chi connectivity index (χ0n) is 18.2. The van der Waals surface area contributed by atoms with Gasteiger partial charge in [-0.15, -0.1) is 0 Å². The van der Waals surface area contributed by atoms with Crippen molar-refractivity contribution in [3.63, 3.8) is 0 Å². The number of hydrogen-bond donors (Lipinski definition) is 1. The number of carboxylic acids is 1. The van der Waals surface area contributed by atoms with Crippen molar-refractivity contribution in [3.05, 3.63) is 33.9 Å². The third-order valence-electron chi connectivity index (χ3n) is 5.52. The zero-order chi connectivity index (χ0) is 22.2. The van der Waals surface area contributed by atoms with E-state index in [0.717, 1.165) is 40.8 Å². The zero-order valence-corrected chi connectivity index (χ0v) is 19.8. The number of amides is 1. The molecule has 0 saturated carbocycles. The molecule has 0 bridgehead atoms. The van der Waals surface area contributed by atoms with Crippen LogP contribution in [0.25, 0.3) is 5.52 Å². The van der Waals surface area contributed by atoms with Crippen molar-refractivity contribution in [1.29, 1.82) is 0 Å². The number of piperidine rings is 1. The van der Waals surface area contributed by atoms with E-state index in [4.69, 9.17) is 4.74 Å². The number of aromatic nitrogens is 1. The number of nitrogens with zero attached hydrogens (tertiary/aromatic N) is 3. The SMILES string of the molecule is CCN(c1c(C)c(C(=O)O)cc2c(Br)ccn12)C1CCN(C(=O)OC(C)(C)C)CC1. The van der Waals surface area contributed by atoms with Crippen molar-refractivity contribution >= 4 is 39.3 Å². The maximum Gasteiger partial charge on any atom is 0.410 e. The highest BCUT2D eigenvalue weighted by Gasteiger charge is 2.31. The number of fused-ring (bicyclic) bond motifs is 1. The standard InChI is InChI=1S/C22H30BrN3O4/c1-6-25(15-7-10-24(11-8-15)21(29)30-22(3,4)5)19-14(2)16(20(27)28)13-18-17(23)9-12-26(18)19/h9,12-13,15H,6-8,10-11H2,1-5H3,(H,27,28). The van der Waals surface area contributed by atoms with E-state index in [0.29, 0.717) is 18.7 Å². The first-order valence-corrected chi connectivity index (χ1v) is 11.1. The van der Waals surface area contributed by atoms with Crippen LogP contribution in [0.5, 0.6) is 0 Å². The molecule has 0 radical (unpaired) electrons. The summed E-state index contributed by atoms with van der Waals surface area (Å²) in [4.78, 5) is 28.3. The minimum absolute atomic E-state index is 0.209. The summed E-state index contributed by atoms with van der Waals surface area (Å²) < 4.78 is 8.42. The molecular formula is C22H30BrN3O4. The fourth-order valence-corrected chi connectivity index (χ4v) is 4.56. The Morgan fingerprint density at radius 2 is 1.93 bits per heavy atom. The summed E-state index contributed by atoms with van der Waals surface area (Å²) >= 11 is 3.53. The van der Waals surface area contributed by atoms with Crippen LogP contribution in [0.4, 0.5) is 10.6 Å². The molecule has 2 aromatic rings. The van der Waals surface area contributed by atoms with E-state index in [9.17, 15) is 14.7 Å². The molecule has 2 aromatic heterocycles. The lowest BCUT2D eigenvalue weighted by molar-refractivity contribution is 0.0204. The van der Waals surface area contributed by atoms with Gasteiger partial charge in [-0.1, -0.05) is 0 Å². The van der Waals surface area contributed by atoms with Crippen LogP contribution in [0.2, 0.25) is 0 Å². The summed E-state index contributed by atoms with van der Waals surface area (Å²) in [5.74, 6) is -0.0334. The second-order valence-corrected chi connectivity index (χ2v) is 9.57. The molecule has 0 atom stereocenters. The van der Waals surface area contributed by atoms with Crippen LogP contribution in [-0.4, -0.2) is 57.7 Å². The van der Waals surface area contributed by atoms with E-state index in [2.05, 4.69) is 32.2 Å². The molecule has 1 N–H and O–H groups in total. The Labute approximate surface area is 185 Å². The van der Waals surface area contributed by atoms with E-state index < -0.39 is 11.6 Å². The van der Waals surface area contributed by atoms with Gasteiger partial charge in [0.25, 0.3) is 0 Å². The molecule has 8 heteroatoms. The van der Waals surface area contributed by atoms with Gasteiger partial charge in [0.2, 0.25) is 0 Å². The Bertz CT molecular complexity index is 955. The van der Waals surface area contributed by atoms with Gasteiger partial charge in [-0.2, -0.15) is 0 Å². The van der Waals surface area contributed by atoms with Crippen LogP contribution in [-0.2, 0) is 4.74 Å². The number of ether oxygens (including phenoxy) is 1. The molecule has 3 heterocycles. The summed E-state index contributed by atoms with van der Waals surface area (Å²) in [6, 6.07) is 3.85. The van der Waals surface area contributed by atoms with Crippen LogP contribution in [0.15, 0.2) is 22.8 Å². The maximum absolute atomic E-state index is 12.4. The number of carbonyl (C=O) groups excluding carboxylic acids is 1. The number of hydrogen-bond acceptors (Lipinski definition) is 4. The molecule has 0 unspecified atom stereocenters. The van der Waals surface area contributed by atoms with Gasteiger partial charge < -0.3 is 24.0 Å². The summed E-state index contributed by atoms with van der Waals surface area (Å²) in [5.41, 5.74) is 1.37. The highest BCUT2D eigenvalue weighted by molar-refractivity contribution is 9.10. The second kappa shape index (κ2) is 8.49. The molecule has 7 nitrogen and oxygen atoms in total. The monoisotopic (exact) mass is 479 g/mol. The van der Waals surface area contributed by atoms with Gasteiger partial charge in [-0.25, -0.2) is 9.59 Å². The molecule has 1 fully saturated rings. The van der Waals surface area contributed by atoms with Crippen LogP contribution >= 0.6 is 15.9 Å². The topological polar surface area (TPSA) is 74.5 Å². The highest BCUT2D eigenvalue weighted by atomic mass is 79.9. The van der Waals surface area contributed by atoms with Crippen LogP contribution in [0.3, 0.4) is 0 Å². The third-order valence-corrected chi connectivity index (χ3v) is 6.19. The van der Waals surface area contributed by atoms with Crippen LogP contribution in [0.1, 0.15) is 56.5 Å². The Balaban J connectivity index is 1.89. The number of rotatable bonds is 4. The predicted molar refractivity (Wildman–Crippen MR) is 121 cm³/mol. The van der Waals surface area contributed by atoms with Gasteiger partial charge in [-0.05, 0) is 75.5 Å². The number of likely N-dealkylation sites (tertiary alicyclic amines) is 1. The van der Waals surface area contributed by atoms with Crippen LogP contribution in [0, 0.1) is 6.92 Å². The Morgan fingerprint density at radius 3 is 2.47 bits per heavy atom. The first-order chi connectivity index (χ1) is 14.0. The van der Waals surface area contributed by atoms with Crippen molar-refractivity contribution in [2.45, 2.75) is 59.1 Å². The van der Waals surface area contributed by atoms with E-state index in [1.54, 1.807) is 11.0 Å². The predicted octanol–water partition coefficient (Wildman–Crippen LogP) is 4.93. The molecule has 1 aliphatic heterocycles. The minimum atomic E-state index is -0.930. The van der Waals surface area contributed by atoms with Crippen molar-refractivity contribution in [1.82, 2.24) is 9.30 Å². The molecule has 1 saturated heterocycles. The first-order valence-electron chi connectivity index (χ1n) is 10.3. The molecule has 0 spiro atoms. The lowest BCUT2D eigenvalue weighted by Crippen LogP contribution is -2.48. The summed E-state index contributed by atoms with van der Waals surface area (Å²) in [6.07, 6.45) is 3.29. The lowest BCUT2D eigenvalue weighted by atomic mass is 10.0. The Hall–Kier alpha value is -2.22. The smallest absolute Gasteiger partial charge is 0.410 e. The number of anilines is 1. The number of aromatic carboxylic acids is 1. The Morgan fingerprint density at radius 1 is 1.30 bits per heavy atom. The van der Waals surface area contributed by atoms with Gasteiger partial charge in [0, 0.05) is 41.9 Å². The van der Waals surface area contributed by atoms with E-state index in [1.165, 1.54) is 0 Å². The molecule has 1 aliphatic rings. The molecule has 0 aliphatic carbocycles. The number of pyridine rings is 1. The number of carboxylic acid groups (broad SMARTS) is 1. The average molecular weight is 480 g/mol. The maximum atomic E-state index is 12.4. The van der Waals surface area contributed by atoms with Crippen LogP contribution < -0.4 is 4.90 Å². The third kappa shape index (κ3) is 4.43. The van der Waals surface area contributed by atoms with Crippen molar-refractivity contribution < 1.29 is 19.4 Å². The Kier molecular flexibility index (Phi) is 6.36. The quantitative estimate of drug-likeness (QED) is 0.672. The highest BCUT2D eigenvalue weighted by Crippen LogP contribution is 2.33. The van der Waals surface area contributed by atoms with E-state index in [1.807, 2.05) is 40.0 Å². The molecule has 30 heavy (non-hydrogen) atoms. The number of carbonyl (C=O) groups is 2. The molecule has 3 rings (SSSR count). The normalized spacial score (nSPS) is 15.5. The van der Waals surface area contributed by atoms with Gasteiger partial charge in [0.15, 0.2) is 0 Å². The minimum Gasteiger partial charge on any atom is -0.478 e. The lowest BCUT2D eigenvalue weighted by Gasteiger charge is -2.40. The van der Waals surface area contributed by atoms with Gasteiger partial charge in [0.05, 0.1) is 11.1 Å². The van der Waals surface area contributed by atoms with Crippen molar-refractivity contribution in [3.8, 4) is 0 Å². The van der Waals surface area contributed by atoms with E-state index >= 15 is 0 Å². The van der Waals surface area contributed by atoms with Gasteiger partial charge in [0.1, 0.15) is 11.4 Å². The fraction of sp³-hybridized carbons (Fsp3) is 0.545. The second-order valence-electron chi connectivity index (χ2n) is 8.72. The number of halogens is 1. The largest absolute Gasteiger partial charge is 0.478 e. The molecular weight excluding hydrogens is 450 g/mol.